The number of hydrogen-bond donors (Lipinski definition) is 1. The third-order valence-electron chi connectivity index (χ3n) is 3.98. The van der Waals surface area contributed by atoms with Crippen LogP contribution in [0.2, 0.25) is 0 Å². The minimum Gasteiger partial charge on any atom is -0.397 e. The molecule has 3 heteroatoms. The van der Waals surface area contributed by atoms with Gasteiger partial charge in [-0.3, -0.25) is 0 Å². The first kappa shape index (κ1) is 15.3. The van der Waals surface area contributed by atoms with Crippen molar-refractivity contribution in [2.24, 2.45) is 0 Å². The second-order valence-electron chi connectivity index (χ2n) is 5.64. The van der Waals surface area contributed by atoms with Gasteiger partial charge >= 0.3 is 0 Å². The van der Waals surface area contributed by atoms with E-state index >= 15 is 0 Å². The summed E-state index contributed by atoms with van der Waals surface area (Å²) in [6, 6.07) is 27.5. The normalized spacial score (nSPS) is 11.0. The van der Waals surface area contributed by atoms with Gasteiger partial charge in [0, 0.05) is 20.7 Å². The summed E-state index contributed by atoms with van der Waals surface area (Å²) < 4.78 is 1.25. The lowest BCUT2D eigenvalue weighted by Crippen LogP contribution is -1.85. The average molecular weight is 348 g/mol. The van der Waals surface area contributed by atoms with Crippen LogP contribution in [0, 0.1) is 0 Å². The molecule has 2 N–H and O–H groups in total. The second-order valence-corrected chi connectivity index (χ2v) is 7.74. The van der Waals surface area contributed by atoms with Crippen molar-refractivity contribution in [2.45, 2.75) is 10.6 Å². The van der Waals surface area contributed by atoms with Gasteiger partial charge in [-0.25, -0.2) is 0 Å². The molecule has 1 aromatic heterocycles. The van der Waals surface area contributed by atoms with Crippen LogP contribution in [0.25, 0.3) is 20.5 Å². The maximum absolute atomic E-state index is 6.39. The Hall–Kier alpha value is -2.23. The summed E-state index contributed by atoms with van der Waals surface area (Å²) in [4.78, 5) is 2.45. The first-order valence-corrected chi connectivity index (χ1v) is 9.65. The van der Waals surface area contributed by atoms with E-state index in [0.717, 1.165) is 21.7 Å². The molecule has 0 aliphatic heterocycles. The Morgan fingerprint density at radius 2 is 1.54 bits per heavy atom. The van der Waals surface area contributed by atoms with E-state index in [-0.39, 0.29) is 0 Å². The maximum Gasteiger partial charge on any atom is 0.0585 e. The fourth-order valence-electron chi connectivity index (χ4n) is 2.73. The highest BCUT2D eigenvalue weighted by Gasteiger charge is 2.11. The van der Waals surface area contributed by atoms with E-state index < -0.39 is 0 Å². The van der Waals surface area contributed by atoms with Crippen LogP contribution in [0.5, 0.6) is 0 Å². The molecule has 4 rings (SSSR count). The van der Waals surface area contributed by atoms with Crippen LogP contribution in [-0.2, 0) is 5.75 Å². The van der Waals surface area contributed by atoms with Gasteiger partial charge in [0.15, 0.2) is 0 Å². The molecule has 0 amide bonds. The molecule has 0 fully saturated rings. The summed E-state index contributed by atoms with van der Waals surface area (Å²) in [5.74, 6) is 0.985. The monoisotopic (exact) mass is 347 g/mol. The van der Waals surface area contributed by atoms with Crippen molar-refractivity contribution in [3.05, 3.63) is 84.4 Å². The predicted octanol–water partition coefficient (Wildman–Crippen LogP) is 6.44. The Morgan fingerprint density at radius 1 is 0.833 bits per heavy atom. The predicted molar refractivity (Wildman–Crippen MR) is 108 cm³/mol. The quantitative estimate of drug-likeness (QED) is 0.430. The zero-order valence-corrected chi connectivity index (χ0v) is 14.7. The molecule has 0 spiro atoms. The largest absolute Gasteiger partial charge is 0.397 e. The molecule has 0 aliphatic carbocycles. The third-order valence-corrected chi connectivity index (χ3v) is 6.27. The van der Waals surface area contributed by atoms with Gasteiger partial charge in [-0.1, -0.05) is 66.7 Å². The molecule has 24 heavy (non-hydrogen) atoms. The van der Waals surface area contributed by atoms with Crippen molar-refractivity contribution < 1.29 is 0 Å². The maximum atomic E-state index is 6.39. The molecular weight excluding hydrogens is 330 g/mol. The van der Waals surface area contributed by atoms with Crippen LogP contribution in [0.3, 0.4) is 0 Å². The molecule has 0 atom stereocenters. The lowest BCUT2D eigenvalue weighted by molar-refractivity contribution is 1.39. The van der Waals surface area contributed by atoms with E-state index in [0.29, 0.717) is 0 Å². The van der Waals surface area contributed by atoms with Gasteiger partial charge in [-0.2, -0.15) is 0 Å². The molecule has 0 unspecified atom stereocenters. The van der Waals surface area contributed by atoms with Gasteiger partial charge in [0.05, 0.1) is 10.6 Å². The van der Waals surface area contributed by atoms with E-state index in [1.54, 1.807) is 11.3 Å². The smallest absolute Gasteiger partial charge is 0.0585 e. The van der Waals surface area contributed by atoms with E-state index in [1.807, 2.05) is 17.8 Å². The molecular formula is C21H17NS2. The topological polar surface area (TPSA) is 26.0 Å². The number of nitrogen functional groups attached to an aromatic ring is 1. The van der Waals surface area contributed by atoms with E-state index in [1.165, 1.54) is 20.7 Å². The van der Waals surface area contributed by atoms with Crippen molar-refractivity contribution in [1.82, 2.24) is 0 Å². The summed E-state index contributed by atoms with van der Waals surface area (Å²) in [6.07, 6.45) is 0. The highest BCUT2D eigenvalue weighted by Crippen LogP contribution is 2.42. The van der Waals surface area contributed by atoms with Gasteiger partial charge in [0.25, 0.3) is 0 Å². The highest BCUT2D eigenvalue weighted by atomic mass is 32.2. The fraction of sp³-hybridized carbons (Fsp3) is 0.0476. The standard InChI is InChI=1S/C21H17NS2/c22-20-18-12-11-17(23-14-15-7-3-1-4-8-15)13-19(18)24-21(20)16-9-5-2-6-10-16/h1-13H,14,22H2. The number of nitrogens with two attached hydrogens (primary N) is 1. The Balaban J connectivity index is 1.64. The first-order valence-electron chi connectivity index (χ1n) is 7.85. The minimum atomic E-state index is 0.890. The van der Waals surface area contributed by atoms with Crippen molar-refractivity contribution in [3.8, 4) is 10.4 Å². The van der Waals surface area contributed by atoms with Crippen LogP contribution < -0.4 is 5.73 Å². The van der Waals surface area contributed by atoms with Crippen molar-refractivity contribution in [2.75, 3.05) is 5.73 Å². The number of anilines is 1. The van der Waals surface area contributed by atoms with Gasteiger partial charge in [0.1, 0.15) is 0 Å². The van der Waals surface area contributed by atoms with Gasteiger partial charge in [-0.05, 0) is 23.3 Å². The molecule has 0 bridgehead atoms. The van der Waals surface area contributed by atoms with Crippen LogP contribution in [0.1, 0.15) is 5.56 Å². The molecule has 4 aromatic rings. The SMILES string of the molecule is Nc1c(-c2ccccc2)sc2cc(SCc3ccccc3)ccc12. The number of rotatable bonds is 4. The zero-order chi connectivity index (χ0) is 16.4. The molecule has 3 aromatic carbocycles. The molecule has 0 saturated heterocycles. The Bertz CT molecular complexity index is 959. The number of benzene rings is 3. The average Bonchev–Trinajstić information content (AvgIpc) is 2.98. The lowest BCUT2D eigenvalue weighted by atomic mass is 10.1. The first-order chi connectivity index (χ1) is 11.8. The Labute approximate surface area is 150 Å². The summed E-state index contributed by atoms with van der Waals surface area (Å²) in [5.41, 5.74) is 9.81. The number of hydrogen-bond acceptors (Lipinski definition) is 3. The lowest BCUT2D eigenvalue weighted by Gasteiger charge is -2.02. The van der Waals surface area contributed by atoms with Gasteiger partial charge in [-0.15, -0.1) is 23.1 Å². The Morgan fingerprint density at radius 3 is 2.29 bits per heavy atom. The zero-order valence-electron chi connectivity index (χ0n) is 13.1. The summed E-state index contributed by atoms with van der Waals surface area (Å²) in [5, 5.41) is 1.16. The van der Waals surface area contributed by atoms with Crippen LogP contribution in [0.4, 0.5) is 5.69 Å². The van der Waals surface area contributed by atoms with Gasteiger partial charge < -0.3 is 5.73 Å². The van der Waals surface area contributed by atoms with E-state index in [4.69, 9.17) is 5.73 Å². The molecule has 0 radical (unpaired) electrons. The minimum absolute atomic E-state index is 0.890. The van der Waals surface area contributed by atoms with E-state index in [9.17, 15) is 0 Å². The molecule has 0 saturated carbocycles. The molecule has 1 nitrogen and oxygen atoms in total. The summed E-state index contributed by atoms with van der Waals surface area (Å²) in [6.45, 7) is 0. The Kier molecular flexibility index (Phi) is 4.28. The van der Waals surface area contributed by atoms with Crippen LogP contribution in [0.15, 0.2) is 83.8 Å². The number of fused-ring (bicyclic) bond motifs is 1. The van der Waals surface area contributed by atoms with Crippen LogP contribution in [-0.4, -0.2) is 0 Å². The highest BCUT2D eigenvalue weighted by molar-refractivity contribution is 7.98. The van der Waals surface area contributed by atoms with Gasteiger partial charge in [0.2, 0.25) is 0 Å². The molecule has 118 valence electrons. The van der Waals surface area contributed by atoms with Crippen molar-refractivity contribution in [3.63, 3.8) is 0 Å². The van der Waals surface area contributed by atoms with Crippen molar-refractivity contribution >= 4 is 38.9 Å². The van der Waals surface area contributed by atoms with Crippen molar-refractivity contribution in [1.29, 1.82) is 0 Å². The summed E-state index contributed by atoms with van der Waals surface area (Å²) >= 11 is 3.64. The molecule has 0 aliphatic rings. The third kappa shape index (κ3) is 3.05. The fourth-order valence-corrected chi connectivity index (χ4v) is 4.86. The molecule has 1 heterocycles. The second kappa shape index (κ2) is 6.71. The van der Waals surface area contributed by atoms with E-state index in [2.05, 4.69) is 72.8 Å². The van der Waals surface area contributed by atoms with Crippen LogP contribution >= 0.6 is 23.1 Å². The summed E-state index contributed by atoms with van der Waals surface area (Å²) in [7, 11) is 0. The number of thiophene rings is 1. The number of thioether (sulfide) groups is 1.